The Labute approximate surface area is 168 Å². The lowest BCUT2D eigenvalue weighted by atomic mass is 10.0. The van der Waals surface area contributed by atoms with Crippen LogP contribution in [0.2, 0.25) is 0 Å². The largest absolute Gasteiger partial charge is 0.481 e. The predicted molar refractivity (Wildman–Crippen MR) is 100 cm³/mol. The quantitative estimate of drug-likeness (QED) is 0.183. The zero-order valence-electron chi connectivity index (χ0n) is 16.8. The average molecular weight is 418 g/mol. The summed E-state index contributed by atoms with van der Waals surface area (Å²) < 4.78 is 0. The normalized spacial score (nSPS) is 16.1. The van der Waals surface area contributed by atoms with E-state index in [0.29, 0.717) is 0 Å². The molecule has 12 heteroatoms. The van der Waals surface area contributed by atoms with Crippen molar-refractivity contribution in [3.63, 3.8) is 0 Å². The number of amides is 3. The molecule has 0 aliphatic rings. The van der Waals surface area contributed by atoms with E-state index in [1.54, 1.807) is 13.8 Å². The van der Waals surface area contributed by atoms with E-state index < -0.39 is 66.4 Å². The van der Waals surface area contributed by atoms with Crippen LogP contribution in [0.15, 0.2) is 0 Å². The van der Waals surface area contributed by atoms with Gasteiger partial charge in [0.25, 0.3) is 0 Å². The predicted octanol–water partition coefficient (Wildman–Crippen LogP) is -2.23. The van der Waals surface area contributed by atoms with Crippen LogP contribution in [-0.4, -0.2) is 75.3 Å². The first-order chi connectivity index (χ1) is 13.3. The lowest BCUT2D eigenvalue weighted by Gasteiger charge is -2.25. The number of nitrogens with two attached hydrogens (primary N) is 1. The third kappa shape index (κ3) is 9.85. The standard InChI is InChI=1S/C17H30N4O8/c1-7(2)5-11(17(28)29)20-16(27)13(9(4)22)21-14(25)8(3)19-15(26)10(18)6-12(23)24/h7-11,13,22H,5-6,18H2,1-4H3,(H,19,26)(H,20,27)(H,21,25)(H,23,24)(H,28,29). The number of rotatable bonds is 12. The second-order valence-corrected chi connectivity index (χ2v) is 7.19. The van der Waals surface area contributed by atoms with Crippen LogP contribution in [0.3, 0.4) is 0 Å². The van der Waals surface area contributed by atoms with E-state index in [1.807, 2.05) is 0 Å². The van der Waals surface area contributed by atoms with Crippen molar-refractivity contribution in [3.8, 4) is 0 Å². The van der Waals surface area contributed by atoms with Crippen molar-refractivity contribution in [1.29, 1.82) is 0 Å². The first-order valence-electron chi connectivity index (χ1n) is 9.05. The molecule has 5 atom stereocenters. The van der Waals surface area contributed by atoms with Crippen molar-refractivity contribution in [2.75, 3.05) is 0 Å². The van der Waals surface area contributed by atoms with Gasteiger partial charge in [0, 0.05) is 0 Å². The monoisotopic (exact) mass is 418 g/mol. The van der Waals surface area contributed by atoms with E-state index in [9.17, 15) is 34.2 Å². The molecule has 5 unspecified atom stereocenters. The third-order valence-corrected chi connectivity index (χ3v) is 3.87. The number of carbonyl (C=O) groups excluding carboxylic acids is 3. The van der Waals surface area contributed by atoms with Crippen LogP contribution in [0, 0.1) is 5.92 Å². The summed E-state index contributed by atoms with van der Waals surface area (Å²) in [6.07, 6.45) is -1.84. The van der Waals surface area contributed by atoms with Gasteiger partial charge in [-0.3, -0.25) is 19.2 Å². The van der Waals surface area contributed by atoms with Gasteiger partial charge in [0.2, 0.25) is 17.7 Å². The van der Waals surface area contributed by atoms with Crippen LogP contribution < -0.4 is 21.7 Å². The molecule has 0 radical (unpaired) electrons. The van der Waals surface area contributed by atoms with E-state index in [4.69, 9.17) is 10.8 Å². The molecular weight excluding hydrogens is 388 g/mol. The summed E-state index contributed by atoms with van der Waals surface area (Å²) in [5, 5.41) is 34.4. The van der Waals surface area contributed by atoms with Gasteiger partial charge in [-0.25, -0.2) is 4.79 Å². The van der Waals surface area contributed by atoms with Crippen molar-refractivity contribution >= 4 is 29.7 Å². The summed E-state index contributed by atoms with van der Waals surface area (Å²) in [6, 6.07) is -5.23. The number of carbonyl (C=O) groups is 5. The van der Waals surface area contributed by atoms with Crippen molar-refractivity contribution in [2.45, 2.75) is 70.8 Å². The van der Waals surface area contributed by atoms with E-state index in [-0.39, 0.29) is 12.3 Å². The molecule has 3 amide bonds. The molecule has 0 bridgehead atoms. The Morgan fingerprint density at radius 2 is 1.41 bits per heavy atom. The lowest BCUT2D eigenvalue weighted by molar-refractivity contribution is -0.143. The molecule has 0 spiro atoms. The molecule has 0 saturated heterocycles. The minimum atomic E-state index is -1.47. The molecule has 0 saturated carbocycles. The van der Waals surface area contributed by atoms with E-state index in [1.165, 1.54) is 13.8 Å². The molecule has 12 nitrogen and oxygen atoms in total. The maximum Gasteiger partial charge on any atom is 0.326 e. The number of carboxylic acid groups (broad SMARTS) is 2. The molecule has 0 aliphatic heterocycles. The topological polar surface area (TPSA) is 208 Å². The van der Waals surface area contributed by atoms with Crippen molar-refractivity contribution in [3.05, 3.63) is 0 Å². The highest BCUT2D eigenvalue weighted by atomic mass is 16.4. The number of aliphatic hydroxyl groups is 1. The number of nitrogens with one attached hydrogen (secondary N) is 3. The van der Waals surface area contributed by atoms with Gasteiger partial charge in [-0.1, -0.05) is 13.8 Å². The minimum absolute atomic E-state index is 0.0266. The summed E-state index contributed by atoms with van der Waals surface area (Å²) in [6.45, 7) is 6.05. The van der Waals surface area contributed by atoms with Gasteiger partial charge < -0.3 is 37.0 Å². The molecule has 0 aromatic carbocycles. The highest BCUT2D eigenvalue weighted by Gasteiger charge is 2.31. The molecule has 0 aromatic heterocycles. The Morgan fingerprint density at radius 3 is 1.83 bits per heavy atom. The molecular formula is C17H30N4O8. The fourth-order valence-electron chi connectivity index (χ4n) is 2.30. The number of hydrogen-bond donors (Lipinski definition) is 7. The maximum absolute atomic E-state index is 12.4. The summed E-state index contributed by atoms with van der Waals surface area (Å²) in [5.74, 6) is -5.20. The first-order valence-corrected chi connectivity index (χ1v) is 9.05. The molecule has 166 valence electrons. The maximum atomic E-state index is 12.4. The average Bonchev–Trinajstić information content (AvgIpc) is 2.56. The highest BCUT2D eigenvalue weighted by Crippen LogP contribution is 2.06. The molecule has 0 aromatic rings. The van der Waals surface area contributed by atoms with Crippen molar-refractivity contribution in [2.24, 2.45) is 11.7 Å². The number of carboxylic acids is 2. The molecule has 0 rings (SSSR count). The Kier molecular flexibility index (Phi) is 10.8. The number of aliphatic carboxylic acids is 2. The Balaban J connectivity index is 5.02. The van der Waals surface area contributed by atoms with Crippen LogP contribution in [-0.2, 0) is 24.0 Å². The Bertz CT molecular complexity index is 623. The summed E-state index contributed by atoms with van der Waals surface area (Å²) >= 11 is 0. The van der Waals surface area contributed by atoms with Crippen LogP contribution in [0.5, 0.6) is 0 Å². The number of hydrogen-bond acceptors (Lipinski definition) is 7. The molecule has 0 heterocycles. The van der Waals surface area contributed by atoms with Gasteiger partial charge in [0.05, 0.1) is 18.6 Å². The zero-order valence-corrected chi connectivity index (χ0v) is 16.8. The van der Waals surface area contributed by atoms with Crippen LogP contribution in [0.4, 0.5) is 0 Å². The summed E-state index contributed by atoms with van der Waals surface area (Å²) in [7, 11) is 0. The van der Waals surface area contributed by atoms with Gasteiger partial charge >= 0.3 is 11.9 Å². The second-order valence-electron chi connectivity index (χ2n) is 7.19. The molecule has 0 aliphatic carbocycles. The molecule has 8 N–H and O–H groups in total. The van der Waals surface area contributed by atoms with Crippen LogP contribution >= 0.6 is 0 Å². The zero-order chi connectivity index (χ0) is 22.9. The fraction of sp³-hybridized carbons (Fsp3) is 0.706. The molecule has 0 fully saturated rings. The van der Waals surface area contributed by atoms with E-state index in [0.717, 1.165) is 0 Å². The van der Waals surface area contributed by atoms with Crippen molar-refractivity contribution in [1.82, 2.24) is 16.0 Å². The SMILES string of the molecule is CC(C)CC(NC(=O)C(NC(=O)C(C)NC(=O)C(N)CC(=O)O)C(C)O)C(=O)O. The number of aliphatic hydroxyl groups excluding tert-OH is 1. The van der Waals surface area contributed by atoms with Gasteiger partial charge in [0.15, 0.2) is 0 Å². The third-order valence-electron chi connectivity index (χ3n) is 3.87. The highest BCUT2D eigenvalue weighted by molar-refractivity contribution is 5.94. The summed E-state index contributed by atoms with van der Waals surface area (Å²) in [5.41, 5.74) is 5.40. The lowest BCUT2D eigenvalue weighted by Crippen LogP contribution is -2.59. The minimum Gasteiger partial charge on any atom is -0.481 e. The Hall–Kier alpha value is -2.73. The molecule has 29 heavy (non-hydrogen) atoms. The first kappa shape index (κ1) is 26.3. The van der Waals surface area contributed by atoms with Crippen LogP contribution in [0.25, 0.3) is 0 Å². The Morgan fingerprint density at radius 1 is 0.862 bits per heavy atom. The smallest absolute Gasteiger partial charge is 0.326 e. The van der Waals surface area contributed by atoms with Gasteiger partial charge in [-0.05, 0) is 26.2 Å². The summed E-state index contributed by atoms with van der Waals surface area (Å²) in [4.78, 5) is 58.3. The van der Waals surface area contributed by atoms with Gasteiger partial charge in [0.1, 0.15) is 18.1 Å². The fourth-order valence-corrected chi connectivity index (χ4v) is 2.30. The van der Waals surface area contributed by atoms with Gasteiger partial charge in [-0.2, -0.15) is 0 Å². The van der Waals surface area contributed by atoms with Crippen LogP contribution in [0.1, 0.15) is 40.5 Å². The second kappa shape index (κ2) is 12.0. The van der Waals surface area contributed by atoms with Crippen molar-refractivity contribution < 1.29 is 39.3 Å². The van der Waals surface area contributed by atoms with E-state index in [2.05, 4.69) is 16.0 Å². The van der Waals surface area contributed by atoms with Gasteiger partial charge in [-0.15, -0.1) is 0 Å². The van der Waals surface area contributed by atoms with E-state index >= 15 is 0 Å².